The number of benzene rings is 2. The van der Waals surface area contributed by atoms with Gasteiger partial charge in [0.2, 0.25) is 29.5 Å². The summed E-state index contributed by atoms with van der Waals surface area (Å²) in [7, 11) is 1.45. The second-order valence-corrected chi connectivity index (χ2v) is 31.9. The number of anilines is 2. The van der Waals surface area contributed by atoms with Crippen molar-refractivity contribution in [1.29, 1.82) is 0 Å². The number of aromatic nitrogens is 6. The van der Waals surface area contributed by atoms with Gasteiger partial charge >= 0.3 is 31.8 Å². The quantitative estimate of drug-likeness (QED) is 0.0118. The fourth-order valence-electron chi connectivity index (χ4n) is 12.7. The van der Waals surface area contributed by atoms with E-state index in [1.54, 1.807) is 62.4 Å². The van der Waals surface area contributed by atoms with E-state index in [1.807, 2.05) is 0 Å². The maximum absolute atomic E-state index is 14.1. The van der Waals surface area contributed by atoms with Crippen molar-refractivity contribution < 1.29 is 94.3 Å². The number of nitrogens with two attached hydrogens (primary N) is 1. The number of carbonyl (C=O) groups is 7. The van der Waals surface area contributed by atoms with Gasteiger partial charge in [-0.05, 0) is 72.3 Å². The number of thiol groups is 2. The Kier molecular flexibility index (Phi) is 29.9. The molecular weight excluding hydrogens is 1450 g/mol. The van der Waals surface area contributed by atoms with E-state index >= 15 is 0 Å². The van der Waals surface area contributed by atoms with Crippen LogP contribution in [0.3, 0.4) is 0 Å². The van der Waals surface area contributed by atoms with E-state index in [1.165, 1.54) is 35.1 Å². The highest BCUT2D eigenvalue weighted by Crippen LogP contribution is 2.61. The minimum absolute atomic E-state index is 0.0354. The predicted molar refractivity (Wildman–Crippen MR) is 385 cm³/mol. The van der Waals surface area contributed by atoms with Gasteiger partial charge in [-0.25, -0.2) is 38.5 Å². The first-order valence-corrected chi connectivity index (χ1v) is 40.1. The predicted octanol–water partition coefficient (Wildman–Crippen LogP) is 6.56. The van der Waals surface area contributed by atoms with Gasteiger partial charge in [0.1, 0.15) is 49.4 Å². The number of rotatable bonds is 34. The number of imidazole rings is 1. The number of nitrogens with zero attached hydrogens (tertiary/aromatic N) is 6. The summed E-state index contributed by atoms with van der Waals surface area (Å²) in [6, 6.07) is 11.3. The van der Waals surface area contributed by atoms with Gasteiger partial charge < -0.3 is 75.3 Å². The monoisotopic (exact) mass is 1540 g/mol. The second-order valence-electron chi connectivity index (χ2n) is 26.1. The lowest BCUT2D eigenvalue weighted by atomic mass is 10.0. The number of ether oxygens (including phenoxy) is 6. The lowest BCUT2D eigenvalue weighted by Gasteiger charge is -2.26. The third-order valence-corrected chi connectivity index (χ3v) is 21.3. The van der Waals surface area contributed by atoms with Crippen LogP contribution in [0.2, 0.25) is 0 Å². The molecule has 10 N–H and O–H groups in total. The molecule has 3 aromatic heterocycles. The molecule has 4 fully saturated rings. The number of alkyl carbamates (subject to hydrolysis) is 1. The van der Waals surface area contributed by atoms with Gasteiger partial charge in [-0.2, -0.15) is 4.98 Å². The Morgan fingerprint density at radius 3 is 2.27 bits per heavy atom. The van der Waals surface area contributed by atoms with E-state index in [4.69, 9.17) is 52.2 Å². The van der Waals surface area contributed by atoms with Crippen LogP contribution >= 0.6 is 38.1 Å². The third kappa shape index (κ3) is 23.8. The van der Waals surface area contributed by atoms with Crippen molar-refractivity contribution in [2.45, 2.75) is 147 Å². The number of carbonyl (C=O) groups excluding carboxylic acids is 7. The summed E-state index contributed by atoms with van der Waals surface area (Å²) >= 11 is 8.44. The van der Waals surface area contributed by atoms with Gasteiger partial charge in [0.05, 0.1) is 58.7 Å². The molecule has 2 aromatic carbocycles. The number of aliphatic hydroxyl groups is 1. The Balaban J connectivity index is 0.733. The summed E-state index contributed by atoms with van der Waals surface area (Å²) < 4.78 is 86.5. The summed E-state index contributed by atoms with van der Waals surface area (Å²) in [6.45, 7) is -0.557. The molecule has 0 radical (unpaired) electrons. The van der Waals surface area contributed by atoms with Crippen molar-refractivity contribution in [3.05, 3.63) is 100 Å². The highest BCUT2D eigenvalue weighted by molar-refractivity contribution is 8.44. The van der Waals surface area contributed by atoms with Crippen molar-refractivity contribution in [2.75, 3.05) is 77.0 Å². The molecule has 2 saturated heterocycles. The molecule has 2 saturated carbocycles. The maximum Gasteiger partial charge on any atom is 0.410 e. The van der Waals surface area contributed by atoms with Crippen molar-refractivity contribution in [3.63, 3.8) is 0 Å². The first kappa shape index (κ1) is 81.3. The van der Waals surface area contributed by atoms with E-state index in [2.05, 4.69) is 95.2 Å². The molecule has 5 heterocycles. The molecular formula is C66H92N14O21P2S2. The smallest absolute Gasteiger partial charge is 0.410 e. The SMILES string of the molecule is CCC[C@@H]1[C@H](CCC)[C@@H]1COC(=O)NCCOCCOCCC(=O)N[C@H](C(=O)N[C@@H](CCCNC(N)=O)C(=O)Nc1ccc(COC(=O)N(C)Cc2ccccc2C(=O)Nc2nc3c(ncn3[C@@H]3O[C@H]4CO[P@@](=O)(S)O[C@H]5C[C@H](Oc6ccncn6)C[C@@H]5CO[P@@](=O)(S)O[C@@H]3[C@@H]4O)c(=O)[nH]2)cc1)C(C)C. The topological polar surface area (TPSA) is 457 Å². The number of H-pyrrole nitrogens is 1. The first-order chi connectivity index (χ1) is 50.3. The second kappa shape index (κ2) is 38.6. The van der Waals surface area contributed by atoms with Crippen LogP contribution in [0.1, 0.15) is 113 Å². The molecule has 2 aliphatic carbocycles. The Morgan fingerprint density at radius 2 is 1.55 bits per heavy atom. The Labute approximate surface area is 616 Å². The molecule has 2 aliphatic heterocycles. The molecule has 0 spiro atoms. The molecule has 14 atom stereocenters. The number of aromatic amines is 1. The lowest BCUT2D eigenvalue weighted by molar-refractivity contribution is -0.132. The molecule has 5 aromatic rings. The number of hydrogen-bond acceptors (Lipinski definition) is 25. The van der Waals surface area contributed by atoms with Gasteiger partial charge in [0, 0.05) is 69.0 Å². The zero-order valence-electron chi connectivity index (χ0n) is 58.7. The fourth-order valence-corrected chi connectivity index (χ4v) is 15.7. The van der Waals surface area contributed by atoms with Gasteiger partial charge in [0.25, 0.3) is 11.5 Å². The number of primary amides is 1. The Bertz CT molecular complexity index is 3930. The van der Waals surface area contributed by atoms with Crippen LogP contribution in [-0.4, -0.2) is 190 Å². The van der Waals surface area contributed by atoms with Crippen molar-refractivity contribution in [1.82, 2.24) is 55.7 Å². The van der Waals surface area contributed by atoms with Crippen LogP contribution in [0.25, 0.3) is 11.2 Å². The summed E-state index contributed by atoms with van der Waals surface area (Å²) in [5, 5.41) is 27.6. The summed E-state index contributed by atoms with van der Waals surface area (Å²) in [5.74, 6) is -1.82. The molecule has 2 bridgehead atoms. The average Bonchev–Trinajstić information content (AvgIpc) is 1.60. The Hall–Kier alpha value is -7.80. The van der Waals surface area contributed by atoms with E-state index in [0.717, 1.165) is 32.0 Å². The summed E-state index contributed by atoms with van der Waals surface area (Å²) in [6.07, 6.45) is 0.558. The van der Waals surface area contributed by atoms with E-state index in [0.29, 0.717) is 41.2 Å². The van der Waals surface area contributed by atoms with Crippen LogP contribution < -0.4 is 47.9 Å². The van der Waals surface area contributed by atoms with E-state index in [9.17, 15) is 52.6 Å². The number of fused-ring (bicyclic) bond motifs is 4. The number of amides is 8. The van der Waals surface area contributed by atoms with Gasteiger partial charge in [0.15, 0.2) is 17.4 Å². The summed E-state index contributed by atoms with van der Waals surface area (Å²) in [4.78, 5) is 126. The van der Waals surface area contributed by atoms with Crippen molar-refractivity contribution >= 4 is 103 Å². The minimum Gasteiger partial charge on any atom is -0.474 e. The normalized spacial score (nSPS) is 24.8. The standard InChI is InChI=1S/C66H92N14O21P2S2/c1-6-11-45-46(12-7-2)47(45)34-94-65(88)70-24-26-93-28-27-92-25-21-51(81)75-53(38(3)4)60(85)74-48(15-10-22-69-63(67)87)59(84)73-42-18-16-39(17-19-42)32-95-66(89)79(5)31-40-13-8-9-14-44(40)58(83)77-64-76-57-54(61(86)78-64)72-37-80(57)62-56-55(82)50(99-62)35-97-102(90,104)100-49-30-43(98-52-20-23-68-36-71-52)29-41(49)33-96-103(91,105)101-56/h8-9,13-14,16-20,23,36-38,41,43,45-50,53,55-56,62,82H,6-7,10-12,15,21-22,24-35H2,1-5H3,(H,70,88)(H,73,84)(H,74,85)(H,75,81)(H,90,104)(H,91,105)(H3,67,69,87)(H2,76,77,78,83,86)/t41-,43-,45-,46+,47-,48+,49+,50+,53+,55-,56-,62-,102-,103-/m1/s1. The number of nitrogens with one attached hydrogen (secondary N) is 7. The molecule has 9 rings (SSSR count). The zero-order valence-corrected chi connectivity index (χ0v) is 62.3. The highest BCUT2D eigenvalue weighted by Gasteiger charge is 2.52. The lowest BCUT2D eigenvalue weighted by Crippen LogP contribution is -2.54. The fraction of sp³-hybridized carbons (Fsp3) is 0.576. The zero-order chi connectivity index (χ0) is 75.4. The maximum atomic E-state index is 14.1. The molecule has 8 amide bonds. The van der Waals surface area contributed by atoms with E-state index < -0.39 is 128 Å². The van der Waals surface area contributed by atoms with Gasteiger partial charge in [-0.15, -0.1) is 0 Å². The molecule has 574 valence electrons. The van der Waals surface area contributed by atoms with Crippen LogP contribution in [0.4, 0.5) is 26.0 Å². The number of urea groups is 1. The highest BCUT2D eigenvalue weighted by atomic mass is 32.7. The molecule has 35 nitrogen and oxygen atoms in total. The average molecular weight is 1540 g/mol. The van der Waals surface area contributed by atoms with Crippen LogP contribution in [0.15, 0.2) is 78.2 Å². The minimum atomic E-state index is -4.40. The number of hydrogen-bond donors (Lipinski definition) is 11. The first-order valence-electron chi connectivity index (χ1n) is 34.7. The molecule has 105 heavy (non-hydrogen) atoms. The Morgan fingerprint density at radius 1 is 0.829 bits per heavy atom. The number of aliphatic hydroxyl groups excluding tert-OH is 1. The third-order valence-electron chi connectivity index (χ3n) is 18.0. The molecule has 4 aliphatic rings. The molecule has 0 unspecified atom stereocenters. The van der Waals surface area contributed by atoms with Gasteiger partial charge in [-0.3, -0.25) is 52.4 Å². The largest absolute Gasteiger partial charge is 0.474 e. The van der Waals surface area contributed by atoms with E-state index in [-0.39, 0.29) is 120 Å². The van der Waals surface area contributed by atoms with Crippen LogP contribution in [-0.2, 0) is 78.4 Å². The van der Waals surface area contributed by atoms with Gasteiger partial charge in [-0.1, -0.05) is 108 Å². The van der Waals surface area contributed by atoms with Crippen molar-refractivity contribution in [2.24, 2.45) is 35.3 Å². The summed E-state index contributed by atoms with van der Waals surface area (Å²) in [5.41, 5.74) is 5.29. The van der Waals surface area contributed by atoms with Crippen molar-refractivity contribution in [3.8, 4) is 5.88 Å². The molecule has 39 heteroatoms. The van der Waals surface area contributed by atoms with Crippen LogP contribution in [0, 0.1) is 29.6 Å². The van der Waals surface area contributed by atoms with Crippen LogP contribution in [0.5, 0.6) is 5.88 Å².